The molecular weight excluding hydrogens is 559 g/mol. The number of hydrazone groups is 1. The maximum atomic E-state index is 11.9. The number of amides is 1. The van der Waals surface area contributed by atoms with Gasteiger partial charge in [0, 0.05) is 4.47 Å². The second-order valence-electron chi connectivity index (χ2n) is 4.83. The summed E-state index contributed by atoms with van der Waals surface area (Å²) in [4.78, 5) is 11.9. The number of nitrogens with one attached hydrogen (secondary N) is 1. The molecule has 1 amide bonds. The second-order valence-corrected chi connectivity index (χ2v) is 7.87. The molecule has 0 bridgehead atoms. The van der Waals surface area contributed by atoms with E-state index in [1.54, 1.807) is 12.1 Å². The lowest BCUT2D eigenvalue weighted by atomic mass is 10.2. The lowest BCUT2D eigenvalue weighted by molar-refractivity contribution is -0.123. The quantitative estimate of drug-likeness (QED) is 0.383. The number of halogens is 4. The van der Waals surface area contributed by atoms with Crippen LogP contribution in [0.5, 0.6) is 17.2 Å². The molecular formula is C16H12Br3ClN2O4. The Morgan fingerprint density at radius 2 is 1.92 bits per heavy atom. The molecule has 10 heteroatoms. The van der Waals surface area contributed by atoms with E-state index in [0.717, 1.165) is 4.47 Å². The van der Waals surface area contributed by atoms with Gasteiger partial charge in [0.15, 0.2) is 18.1 Å². The van der Waals surface area contributed by atoms with E-state index in [-0.39, 0.29) is 23.1 Å². The van der Waals surface area contributed by atoms with Crippen molar-refractivity contribution < 1.29 is 19.4 Å². The number of hydrogen-bond acceptors (Lipinski definition) is 5. The zero-order valence-electron chi connectivity index (χ0n) is 13.2. The Bertz CT molecular complexity index is 839. The van der Waals surface area contributed by atoms with Crippen LogP contribution in [0.2, 0.25) is 5.02 Å². The van der Waals surface area contributed by atoms with Crippen LogP contribution >= 0.6 is 59.4 Å². The molecule has 0 aromatic heterocycles. The molecule has 2 aromatic carbocycles. The molecule has 138 valence electrons. The van der Waals surface area contributed by atoms with Gasteiger partial charge in [0.1, 0.15) is 5.75 Å². The lowest BCUT2D eigenvalue weighted by Gasteiger charge is -2.10. The summed E-state index contributed by atoms with van der Waals surface area (Å²) in [6, 6.07) is 6.63. The van der Waals surface area contributed by atoms with Crippen molar-refractivity contribution in [1.29, 1.82) is 0 Å². The van der Waals surface area contributed by atoms with Crippen molar-refractivity contribution in [3.63, 3.8) is 0 Å². The van der Waals surface area contributed by atoms with Gasteiger partial charge in [-0.2, -0.15) is 5.10 Å². The highest BCUT2D eigenvalue weighted by atomic mass is 79.9. The number of benzene rings is 2. The Hall–Kier alpha value is -1.29. The summed E-state index contributed by atoms with van der Waals surface area (Å²) in [5, 5.41) is 13.6. The summed E-state index contributed by atoms with van der Waals surface area (Å²) in [6.07, 6.45) is 1.37. The van der Waals surface area contributed by atoms with E-state index in [9.17, 15) is 9.90 Å². The minimum atomic E-state index is -0.445. The fourth-order valence-corrected chi connectivity index (χ4v) is 4.55. The van der Waals surface area contributed by atoms with Crippen molar-refractivity contribution in [1.82, 2.24) is 5.43 Å². The van der Waals surface area contributed by atoms with Gasteiger partial charge in [-0.3, -0.25) is 4.79 Å². The van der Waals surface area contributed by atoms with E-state index in [1.807, 2.05) is 0 Å². The number of carbonyl (C=O) groups excluding carboxylic acids is 1. The van der Waals surface area contributed by atoms with Crippen molar-refractivity contribution >= 4 is 71.5 Å². The molecule has 6 nitrogen and oxygen atoms in total. The summed E-state index contributed by atoms with van der Waals surface area (Å²) in [5.74, 6) is 0.107. The van der Waals surface area contributed by atoms with Crippen LogP contribution in [0.25, 0.3) is 0 Å². The molecule has 0 unspecified atom stereocenters. The molecule has 0 saturated carbocycles. The Morgan fingerprint density at radius 1 is 1.27 bits per heavy atom. The first-order chi connectivity index (χ1) is 12.3. The number of methoxy groups -OCH3 is 1. The van der Waals surface area contributed by atoms with Gasteiger partial charge in [-0.15, -0.1) is 0 Å². The van der Waals surface area contributed by atoms with Crippen molar-refractivity contribution in [3.05, 3.63) is 48.3 Å². The Balaban J connectivity index is 1.95. The van der Waals surface area contributed by atoms with Gasteiger partial charge >= 0.3 is 0 Å². The summed E-state index contributed by atoms with van der Waals surface area (Å²) in [6.45, 7) is -0.226. The normalized spacial score (nSPS) is 10.8. The van der Waals surface area contributed by atoms with Gasteiger partial charge in [-0.05, 0) is 61.7 Å². The zero-order valence-corrected chi connectivity index (χ0v) is 18.7. The lowest BCUT2D eigenvalue weighted by Crippen LogP contribution is -2.24. The number of hydrogen-bond donors (Lipinski definition) is 2. The summed E-state index contributed by atoms with van der Waals surface area (Å²) in [5.41, 5.74) is 2.89. The molecule has 0 heterocycles. The van der Waals surface area contributed by atoms with Crippen LogP contribution in [0.4, 0.5) is 0 Å². The van der Waals surface area contributed by atoms with Gasteiger partial charge in [-0.1, -0.05) is 27.5 Å². The minimum Gasteiger partial charge on any atom is -0.503 e. The van der Waals surface area contributed by atoms with Crippen molar-refractivity contribution in [3.8, 4) is 17.2 Å². The molecule has 0 aliphatic carbocycles. The molecule has 26 heavy (non-hydrogen) atoms. The summed E-state index contributed by atoms with van der Waals surface area (Å²) < 4.78 is 12.7. The predicted molar refractivity (Wildman–Crippen MR) is 110 cm³/mol. The van der Waals surface area contributed by atoms with Gasteiger partial charge in [-0.25, -0.2) is 5.43 Å². The van der Waals surface area contributed by atoms with E-state index in [0.29, 0.717) is 20.3 Å². The predicted octanol–water partition coefficient (Wildman–Crippen LogP) is 4.87. The number of phenols is 1. The molecule has 0 fully saturated rings. The van der Waals surface area contributed by atoms with Crippen LogP contribution in [0.15, 0.2) is 42.8 Å². The van der Waals surface area contributed by atoms with Crippen molar-refractivity contribution in [2.45, 2.75) is 0 Å². The van der Waals surface area contributed by atoms with Crippen molar-refractivity contribution in [2.75, 3.05) is 13.7 Å². The van der Waals surface area contributed by atoms with Crippen LogP contribution in [0.1, 0.15) is 5.56 Å². The van der Waals surface area contributed by atoms with Crippen molar-refractivity contribution in [2.24, 2.45) is 5.10 Å². The van der Waals surface area contributed by atoms with Gasteiger partial charge in [0.05, 0.1) is 27.3 Å². The number of carbonyl (C=O) groups is 1. The fourth-order valence-electron chi connectivity index (χ4n) is 1.84. The van der Waals surface area contributed by atoms with Crippen LogP contribution in [-0.2, 0) is 4.79 Å². The van der Waals surface area contributed by atoms with E-state index in [2.05, 4.69) is 58.3 Å². The monoisotopic (exact) mass is 568 g/mol. The van der Waals surface area contributed by atoms with Gasteiger partial charge in [0.25, 0.3) is 5.91 Å². The maximum Gasteiger partial charge on any atom is 0.277 e. The average molecular weight is 571 g/mol. The number of ether oxygens (including phenoxy) is 2. The molecule has 0 aliphatic rings. The molecule has 0 radical (unpaired) electrons. The molecule has 2 rings (SSSR count). The Kier molecular flexibility index (Phi) is 7.75. The third-order valence-electron chi connectivity index (χ3n) is 2.98. The molecule has 0 spiro atoms. The standard InChI is InChI=1S/C16H12Br3ClN2O4/c1-25-13-3-8(2-12(20)15(13)24)6-21-22-14(23)7-26-16-10(18)4-9(17)5-11(16)19/h2-6,24H,7H2,1H3,(H,22,23)/b21-6-. The van der Waals surface area contributed by atoms with Crippen LogP contribution in [-0.4, -0.2) is 30.9 Å². The number of phenolic OH excluding ortho intramolecular Hbond substituents is 1. The highest BCUT2D eigenvalue weighted by Crippen LogP contribution is 2.36. The zero-order chi connectivity index (χ0) is 19.3. The van der Waals surface area contributed by atoms with Gasteiger partial charge < -0.3 is 14.6 Å². The average Bonchev–Trinajstić information content (AvgIpc) is 2.56. The number of rotatable bonds is 6. The largest absolute Gasteiger partial charge is 0.503 e. The smallest absolute Gasteiger partial charge is 0.277 e. The topological polar surface area (TPSA) is 80.2 Å². The molecule has 0 saturated heterocycles. The van der Waals surface area contributed by atoms with Gasteiger partial charge in [0.2, 0.25) is 0 Å². The fraction of sp³-hybridized carbons (Fsp3) is 0.125. The maximum absolute atomic E-state index is 11.9. The number of nitrogens with zero attached hydrogens (tertiary/aromatic N) is 1. The number of aromatic hydroxyl groups is 1. The third-order valence-corrected chi connectivity index (χ3v) is 4.91. The van der Waals surface area contributed by atoms with Crippen LogP contribution in [0, 0.1) is 0 Å². The minimum absolute atomic E-state index is 0.116. The van der Waals surface area contributed by atoms with E-state index < -0.39 is 5.91 Å². The first-order valence-electron chi connectivity index (χ1n) is 6.97. The Labute approximate surface area is 179 Å². The highest BCUT2D eigenvalue weighted by molar-refractivity contribution is 9.11. The van der Waals surface area contributed by atoms with E-state index in [4.69, 9.17) is 21.1 Å². The molecule has 0 aliphatic heterocycles. The molecule has 2 N–H and O–H groups in total. The molecule has 2 aromatic rings. The van der Waals surface area contributed by atoms with E-state index in [1.165, 1.54) is 25.5 Å². The first kappa shape index (κ1) is 21.0. The first-order valence-corrected chi connectivity index (χ1v) is 9.73. The third kappa shape index (κ3) is 5.60. The molecule has 0 atom stereocenters. The summed E-state index contributed by atoms with van der Waals surface area (Å²) >= 11 is 16.0. The Morgan fingerprint density at radius 3 is 2.54 bits per heavy atom. The highest BCUT2D eigenvalue weighted by Gasteiger charge is 2.11. The second kappa shape index (κ2) is 9.59. The van der Waals surface area contributed by atoms with Crippen LogP contribution in [0.3, 0.4) is 0 Å². The summed E-state index contributed by atoms with van der Waals surface area (Å²) in [7, 11) is 1.41. The van der Waals surface area contributed by atoms with E-state index >= 15 is 0 Å². The SMILES string of the molecule is COc1cc(/C=N\NC(=O)COc2c(Br)cc(Br)cc2Br)cc(Cl)c1O. The van der Waals surface area contributed by atoms with Crippen LogP contribution < -0.4 is 14.9 Å².